The van der Waals surface area contributed by atoms with Crippen LogP contribution in [0.15, 0.2) is 48.5 Å². The van der Waals surface area contributed by atoms with E-state index in [2.05, 4.69) is 0 Å². The molecule has 0 aromatic heterocycles. The lowest BCUT2D eigenvalue weighted by molar-refractivity contribution is 0.0523. The molecule has 0 aliphatic heterocycles. The van der Waals surface area contributed by atoms with E-state index in [4.69, 9.17) is 4.74 Å². The van der Waals surface area contributed by atoms with Crippen molar-refractivity contribution in [2.45, 2.75) is 6.92 Å². The van der Waals surface area contributed by atoms with Crippen LogP contribution in [0.4, 0.5) is 0 Å². The van der Waals surface area contributed by atoms with Gasteiger partial charge < -0.3 is 20.1 Å². The second-order valence-electron chi connectivity index (χ2n) is 5.26. The highest BCUT2D eigenvalue weighted by Gasteiger charge is 2.25. The first-order valence-electron chi connectivity index (χ1n) is 7.47. The highest BCUT2D eigenvalue weighted by atomic mass is 16.5. The first-order chi connectivity index (χ1) is 11.5. The second kappa shape index (κ2) is 6.12. The highest BCUT2D eigenvalue weighted by molar-refractivity contribution is 6.09. The zero-order valence-electron chi connectivity index (χ0n) is 13.0. The molecule has 3 aromatic rings. The first kappa shape index (κ1) is 15.7. The molecule has 0 saturated heterocycles. The maximum absolute atomic E-state index is 12.3. The van der Waals surface area contributed by atoms with Gasteiger partial charge in [-0.3, -0.25) is 0 Å². The van der Waals surface area contributed by atoms with Crippen molar-refractivity contribution in [1.29, 1.82) is 0 Å². The largest absolute Gasteiger partial charge is 0.507 e. The van der Waals surface area contributed by atoms with E-state index in [1.54, 1.807) is 25.1 Å². The monoisotopic (exact) mass is 324 g/mol. The van der Waals surface area contributed by atoms with Crippen LogP contribution in [0.2, 0.25) is 0 Å². The fourth-order valence-corrected chi connectivity index (χ4v) is 2.77. The van der Waals surface area contributed by atoms with Crippen molar-refractivity contribution >= 4 is 16.7 Å². The fourth-order valence-electron chi connectivity index (χ4n) is 2.77. The molecule has 24 heavy (non-hydrogen) atoms. The van der Waals surface area contributed by atoms with Crippen LogP contribution >= 0.6 is 0 Å². The van der Waals surface area contributed by atoms with Crippen LogP contribution in [0.1, 0.15) is 17.3 Å². The molecule has 5 nitrogen and oxygen atoms in total. The predicted octanol–water partition coefficient (Wildman–Crippen LogP) is 3.80. The Hall–Kier alpha value is -3.21. The number of ether oxygens (including phenoxy) is 1. The number of rotatable bonds is 3. The first-order valence-corrected chi connectivity index (χ1v) is 7.47. The molecule has 0 saturated carbocycles. The summed E-state index contributed by atoms with van der Waals surface area (Å²) in [5.41, 5.74) is 0.135. The fraction of sp³-hybridized carbons (Fsp3) is 0.105. The lowest BCUT2D eigenvalue weighted by atomic mass is 9.92. The molecule has 0 radical (unpaired) electrons. The summed E-state index contributed by atoms with van der Waals surface area (Å²) in [4.78, 5) is 12.3. The maximum atomic E-state index is 12.3. The summed E-state index contributed by atoms with van der Waals surface area (Å²) >= 11 is 0. The molecule has 3 rings (SSSR count). The molecule has 0 fully saturated rings. The minimum Gasteiger partial charge on any atom is -0.507 e. The number of carbonyl (C=O) groups excluding carboxylic acids is 1. The van der Waals surface area contributed by atoms with Crippen molar-refractivity contribution in [3.63, 3.8) is 0 Å². The molecule has 122 valence electrons. The zero-order chi connectivity index (χ0) is 17.3. The lowest BCUT2D eigenvalue weighted by Crippen LogP contribution is -2.07. The van der Waals surface area contributed by atoms with Gasteiger partial charge in [-0.05, 0) is 35.9 Å². The smallest absolute Gasteiger partial charge is 0.342 e. The third-order valence-corrected chi connectivity index (χ3v) is 3.80. The minimum absolute atomic E-state index is 0.0442. The van der Waals surface area contributed by atoms with Gasteiger partial charge in [-0.15, -0.1) is 0 Å². The van der Waals surface area contributed by atoms with Crippen molar-refractivity contribution in [2.24, 2.45) is 0 Å². The number of benzene rings is 3. The Morgan fingerprint density at radius 3 is 2.25 bits per heavy atom. The van der Waals surface area contributed by atoms with Gasteiger partial charge in [0.05, 0.1) is 6.61 Å². The van der Waals surface area contributed by atoms with Gasteiger partial charge in [0.2, 0.25) is 0 Å². The third-order valence-electron chi connectivity index (χ3n) is 3.80. The predicted molar refractivity (Wildman–Crippen MR) is 90.3 cm³/mol. The van der Waals surface area contributed by atoms with Gasteiger partial charge in [0.15, 0.2) is 0 Å². The van der Waals surface area contributed by atoms with Crippen molar-refractivity contribution in [1.82, 2.24) is 0 Å². The summed E-state index contributed by atoms with van der Waals surface area (Å²) < 4.78 is 4.99. The van der Waals surface area contributed by atoms with E-state index >= 15 is 0 Å². The second-order valence-corrected chi connectivity index (χ2v) is 5.26. The van der Waals surface area contributed by atoms with Crippen LogP contribution in [0.25, 0.3) is 21.9 Å². The van der Waals surface area contributed by atoms with Crippen LogP contribution in [0.3, 0.4) is 0 Å². The van der Waals surface area contributed by atoms with E-state index in [9.17, 15) is 20.1 Å². The van der Waals surface area contributed by atoms with Gasteiger partial charge in [0.25, 0.3) is 0 Å². The molecule has 0 aliphatic rings. The molecule has 3 aromatic carbocycles. The Bertz CT molecular complexity index is 930. The standard InChI is InChI=1S/C19H16O5/c1-2-24-19(23)18-15(22)10-9-14(21)17(18)16-12-6-4-3-5-11(12)7-8-13(16)20/h3-10,20-22H,2H2,1H3. The van der Waals surface area contributed by atoms with Gasteiger partial charge in [-0.1, -0.05) is 30.3 Å². The molecule has 0 amide bonds. The minimum atomic E-state index is -0.770. The molecule has 0 spiro atoms. The summed E-state index contributed by atoms with van der Waals surface area (Å²) in [6, 6.07) is 13.0. The summed E-state index contributed by atoms with van der Waals surface area (Å²) in [7, 11) is 0. The highest BCUT2D eigenvalue weighted by Crippen LogP contribution is 2.45. The van der Waals surface area contributed by atoms with E-state index in [1.165, 1.54) is 18.2 Å². The number of esters is 1. The van der Waals surface area contributed by atoms with Gasteiger partial charge in [0.1, 0.15) is 22.8 Å². The van der Waals surface area contributed by atoms with Crippen molar-refractivity contribution in [2.75, 3.05) is 6.61 Å². The van der Waals surface area contributed by atoms with Gasteiger partial charge in [-0.2, -0.15) is 0 Å². The lowest BCUT2D eigenvalue weighted by Gasteiger charge is -2.16. The molecule has 0 atom stereocenters. The Morgan fingerprint density at radius 1 is 0.875 bits per heavy atom. The number of phenols is 3. The summed E-state index contributed by atoms with van der Waals surface area (Å²) in [6.07, 6.45) is 0. The maximum Gasteiger partial charge on any atom is 0.342 e. The van der Waals surface area contributed by atoms with Crippen molar-refractivity contribution in [3.05, 3.63) is 54.1 Å². The van der Waals surface area contributed by atoms with Crippen molar-refractivity contribution in [3.8, 4) is 28.4 Å². The SMILES string of the molecule is CCOC(=O)c1c(O)ccc(O)c1-c1c(O)ccc2ccccc12. The Kier molecular flexibility index (Phi) is 4.00. The molecule has 0 heterocycles. The quantitative estimate of drug-likeness (QED) is 0.504. The number of fused-ring (bicyclic) bond motifs is 1. The molecule has 5 heteroatoms. The van der Waals surface area contributed by atoms with Crippen LogP contribution in [0.5, 0.6) is 17.2 Å². The average molecular weight is 324 g/mol. The van der Waals surface area contributed by atoms with E-state index in [0.29, 0.717) is 5.39 Å². The zero-order valence-corrected chi connectivity index (χ0v) is 13.0. The normalized spacial score (nSPS) is 10.7. The van der Waals surface area contributed by atoms with Crippen LogP contribution in [0, 0.1) is 0 Å². The van der Waals surface area contributed by atoms with Crippen LogP contribution in [-0.2, 0) is 4.74 Å². The number of aromatic hydroxyl groups is 3. The van der Waals surface area contributed by atoms with Gasteiger partial charge in [0, 0.05) is 11.1 Å². The van der Waals surface area contributed by atoms with E-state index in [1.807, 2.05) is 12.1 Å². The molecule has 0 unspecified atom stereocenters. The van der Waals surface area contributed by atoms with Crippen LogP contribution < -0.4 is 0 Å². The summed E-state index contributed by atoms with van der Waals surface area (Å²) in [5.74, 6) is -1.44. The number of hydrogen-bond donors (Lipinski definition) is 3. The van der Waals surface area contributed by atoms with Gasteiger partial charge >= 0.3 is 5.97 Å². The average Bonchev–Trinajstić information content (AvgIpc) is 2.57. The van der Waals surface area contributed by atoms with Crippen LogP contribution in [-0.4, -0.2) is 27.9 Å². The number of hydrogen-bond acceptors (Lipinski definition) is 5. The number of carbonyl (C=O) groups is 1. The number of phenolic OH excluding ortho intramolecular Hbond substituents is 3. The van der Waals surface area contributed by atoms with E-state index < -0.39 is 5.97 Å². The molecule has 0 bridgehead atoms. The third kappa shape index (κ3) is 2.50. The van der Waals surface area contributed by atoms with Gasteiger partial charge in [-0.25, -0.2) is 4.79 Å². The summed E-state index contributed by atoms with van der Waals surface area (Å²) in [5, 5.41) is 32.3. The molecule has 0 aliphatic carbocycles. The Labute approximate surface area is 138 Å². The Balaban J connectivity index is 2.41. The van der Waals surface area contributed by atoms with E-state index in [0.717, 1.165) is 5.39 Å². The molecular formula is C19H16O5. The molecular weight excluding hydrogens is 308 g/mol. The molecule has 3 N–H and O–H groups in total. The topological polar surface area (TPSA) is 87.0 Å². The Morgan fingerprint density at radius 2 is 1.50 bits per heavy atom. The summed E-state index contributed by atoms with van der Waals surface area (Å²) in [6.45, 7) is 1.77. The van der Waals surface area contributed by atoms with Crippen molar-refractivity contribution < 1.29 is 24.9 Å². The van der Waals surface area contributed by atoms with E-state index in [-0.39, 0.29) is 40.5 Å².